The van der Waals surface area contributed by atoms with Crippen molar-refractivity contribution < 1.29 is 9.90 Å². The van der Waals surface area contributed by atoms with Gasteiger partial charge in [-0.1, -0.05) is 6.92 Å². The molecule has 0 radical (unpaired) electrons. The van der Waals surface area contributed by atoms with Crippen molar-refractivity contribution in [1.29, 1.82) is 0 Å². The minimum absolute atomic E-state index is 0.337. The first-order valence-corrected chi connectivity index (χ1v) is 6.68. The van der Waals surface area contributed by atoms with Crippen LogP contribution in [0.2, 0.25) is 0 Å². The van der Waals surface area contributed by atoms with E-state index >= 15 is 0 Å². The number of hydrogen-bond donors (Lipinski definition) is 1. The van der Waals surface area contributed by atoms with Gasteiger partial charge < -0.3 is 5.11 Å². The molecule has 0 saturated carbocycles. The van der Waals surface area contributed by atoms with Crippen LogP contribution in [0.1, 0.15) is 24.1 Å². The smallest absolute Gasteiger partial charge is 0.330 e. The van der Waals surface area contributed by atoms with Crippen LogP contribution < -0.4 is 11.2 Å². The van der Waals surface area contributed by atoms with E-state index < -0.39 is 23.1 Å². The van der Waals surface area contributed by atoms with Crippen LogP contribution in [0, 0.1) is 0 Å². The van der Waals surface area contributed by atoms with Gasteiger partial charge in [0.2, 0.25) is 0 Å². The number of fused-ring (bicyclic) bond motifs is 1. The molecule has 0 aromatic carbocycles. The molecule has 0 saturated heterocycles. The fourth-order valence-electron chi connectivity index (χ4n) is 2.14. The lowest BCUT2D eigenvalue weighted by molar-refractivity contribution is -0.138. The second kappa shape index (κ2) is 4.65. The second-order valence-electron chi connectivity index (χ2n) is 4.37. The van der Waals surface area contributed by atoms with Gasteiger partial charge in [-0.3, -0.25) is 18.7 Å². The van der Waals surface area contributed by atoms with Crippen LogP contribution in [0.25, 0.3) is 10.9 Å². The summed E-state index contributed by atoms with van der Waals surface area (Å²) >= 11 is 1.22. The van der Waals surface area contributed by atoms with Crippen LogP contribution in [0.3, 0.4) is 0 Å². The highest BCUT2D eigenvalue weighted by Gasteiger charge is 2.25. The molecule has 0 aliphatic heterocycles. The summed E-state index contributed by atoms with van der Waals surface area (Å²) in [6, 6.07) is 0. The van der Waals surface area contributed by atoms with Gasteiger partial charge in [-0.05, 0) is 6.42 Å². The molecule has 7 heteroatoms. The van der Waals surface area contributed by atoms with E-state index in [0.717, 1.165) is 4.57 Å². The molecule has 2 aromatic rings. The average molecular weight is 282 g/mol. The molecule has 0 aliphatic carbocycles. The number of nitrogens with zero attached hydrogens (tertiary/aromatic N) is 2. The molecular formula is C12H14N2O4S. The third kappa shape index (κ3) is 1.90. The monoisotopic (exact) mass is 282 g/mol. The Kier molecular flexibility index (Phi) is 3.32. The lowest BCUT2D eigenvalue weighted by Gasteiger charge is -2.09. The first-order valence-electron chi connectivity index (χ1n) is 5.80. The maximum atomic E-state index is 12.2. The maximum absolute atomic E-state index is 12.2. The Balaban J connectivity index is 2.91. The van der Waals surface area contributed by atoms with E-state index in [9.17, 15) is 19.5 Å². The third-order valence-electron chi connectivity index (χ3n) is 3.28. The van der Waals surface area contributed by atoms with Crippen molar-refractivity contribution in [2.24, 2.45) is 14.1 Å². The summed E-state index contributed by atoms with van der Waals surface area (Å²) in [5, 5.41) is 11.2. The summed E-state index contributed by atoms with van der Waals surface area (Å²) < 4.78 is 2.37. The van der Waals surface area contributed by atoms with Crippen molar-refractivity contribution in [2.75, 3.05) is 0 Å². The summed E-state index contributed by atoms with van der Waals surface area (Å²) in [6.45, 7) is 1.76. The Morgan fingerprint density at radius 1 is 1.37 bits per heavy atom. The molecule has 0 fully saturated rings. The Morgan fingerprint density at radius 2 is 2.00 bits per heavy atom. The van der Waals surface area contributed by atoms with Crippen LogP contribution in [0.15, 0.2) is 15.0 Å². The van der Waals surface area contributed by atoms with Gasteiger partial charge in [-0.25, -0.2) is 4.79 Å². The van der Waals surface area contributed by atoms with Gasteiger partial charge in [0.15, 0.2) is 0 Å². The van der Waals surface area contributed by atoms with Gasteiger partial charge in [0.25, 0.3) is 5.56 Å². The zero-order valence-corrected chi connectivity index (χ0v) is 11.7. The summed E-state index contributed by atoms with van der Waals surface area (Å²) in [5.74, 6) is -1.67. The number of aromatic nitrogens is 2. The van der Waals surface area contributed by atoms with Crippen molar-refractivity contribution in [1.82, 2.24) is 9.13 Å². The number of hydrogen-bond acceptors (Lipinski definition) is 4. The molecule has 102 valence electrons. The number of thiophene rings is 1. The highest BCUT2D eigenvalue weighted by atomic mass is 32.1. The van der Waals surface area contributed by atoms with Crippen molar-refractivity contribution in [3.63, 3.8) is 0 Å². The van der Waals surface area contributed by atoms with Gasteiger partial charge in [0, 0.05) is 24.4 Å². The third-order valence-corrected chi connectivity index (χ3v) is 4.36. The minimum atomic E-state index is -0.956. The van der Waals surface area contributed by atoms with Crippen molar-refractivity contribution in [2.45, 2.75) is 19.3 Å². The first-order chi connectivity index (χ1) is 8.90. The van der Waals surface area contributed by atoms with Gasteiger partial charge >= 0.3 is 11.7 Å². The number of aliphatic carboxylic acids is 1. The van der Waals surface area contributed by atoms with Gasteiger partial charge in [0.1, 0.15) is 0 Å². The van der Waals surface area contributed by atoms with Crippen LogP contribution in [0.5, 0.6) is 0 Å². The Hall–Kier alpha value is -1.89. The van der Waals surface area contributed by atoms with E-state index in [1.165, 1.54) is 23.0 Å². The molecule has 0 aliphatic rings. The molecule has 1 N–H and O–H groups in total. The highest BCUT2D eigenvalue weighted by molar-refractivity contribution is 7.11. The van der Waals surface area contributed by atoms with Crippen LogP contribution >= 0.6 is 11.3 Å². The minimum Gasteiger partial charge on any atom is -0.481 e. The van der Waals surface area contributed by atoms with Gasteiger partial charge in [0.05, 0.1) is 16.8 Å². The molecule has 19 heavy (non-hydrogen) atoms. The van der Waals surface area contributed by atoms with E-state index in [4.69, 9.17) is 0 Å². The van der Waals surface area contributed by atoms with Crippen LogP contribution in [0.4, 0.5) is 0 Å². The normalized spacial score (nSPS) is 12.8. The SMILES string of the molecule is CCC(C(=O)O)c1scc2c1c(=O)n(C)c(=O)n2C. The van der Waals surface area contributed by atoms with Crippen LogP contribution in [-0.4, -0.2) is 20.2 Å². The molecule has 1 atom stereocenters. The zero-order valence-electron chi connectivity index (χ0n) is 10.8. The topological polar surface area (TPSA) is 81.3 Å². The van der Waals surface area contributed by atoms with E-state index in [2.05, 4.69) is 0 Å². The lowest BCUT2D eigenvalue weighted by Crippen LogP contribution is -2.37. The molecule has 2 aromatic heterocycles. The summed E-state index contributed by atoms with van der Waals surface area (Å²) in [4.78, 5) is 35.8. The Morgan fingerprint density at radius 3 is 2.53 bits per heavy atom. The number of rotatable bonds is 3. The highest BCUT2D eigenvalue weighted by Crippen LogP contribution is 2.31. The number of aryl methyl sites for hydroxylation is 1. The van der Waals surface area contributed by atoms with E-state index in [1.807, 2.05) is 0 Å². The number of carbonyl (C=O) groups is 1. The predicted molar refractivity (Wildman–Crippen MR) is 73.0 cm³/mol. The lowest BCUT2D eigenvalue weighted by atomic mass is 10.0. The molecule has 0 amide bonds. The Labute approximate surface area is 112 Å². The molecule has 0 bridgehead atoms. The van der Waals surface area contributed by atoms with E-state index in [1.54, 1.807) is 19.4 Å². The van der Waals surface area contributed by atoms with Crippen molar-refractivity contribution in [3.05, 3.63) is 31.1 Å². The molecular weight excluding hydrogens is 268 g/mol. The summed E-state index contributed by atoms with van der Waals surface area (Å²) in [6.07, 6.45) is 0.400. The van der Waals surface area contributed by atoms with E-state index in [-0.39, 0.29) is 0 Å². The maximum Gasteiger partial charge on any atom is 0.330 e. The van der Waals surface area contributed by atoms with Gasteiger partial charge in [-0.15, -0.1) is 11.3 Å². The van der Waals surface area contributed by atoms with Crippen molar-refractivity contribution in [3.8, 4) is 0 Å². The summed E-state index contributed by atoms with van der Waals surface area (Å²) in [7, 11) is 2.97. The molecule has 1 unspecified atom stereocenters. The zero-order chi connectivity index (χ0) is 14.3. The standard InChI is InChI=1S/C12H14N2O4S/c1-4-6(11(16)17)9-8-7(5-19-9)13(2)12(18)14(3)10(8)15/h5-6H,4H2,1-3H3,(H,16,17). The molecule has 0 spiro atoms. The second-order valence-corrected chi connectivity index (χ2v) is 5.28. The van der Waals surface area contributed by atoms with E-state index in [0.29, 0.717) is 22.2 Å². The molecule has 6 nitrogen and oxygen atoms in total. The van der Waals surface area contributed by atoms with Crippen LogP contribution in [-0.2, 0) is 18.9 Å². The quantitative estimate of drug-likeness (QED) is 0.906. The largest absolute Gasteiger partial charge is 0.481 e. The Bertz CT molecular complexity index is 768. The first kappa shape index (κ1) is 13.5. The summed E-state index contributed by atoms with van der Waals surface area (Å²) in [5.41, 5.74) is -0.355. The predicted octanol–water partition coefficient (Wildman–Crippen LogP) is 0.877. The fraction of sp³-hybridized carbons (Fsp3) is 0.417. The number of carboxylic acid groups (broad SMARTS) is 1. The fourth-order valence-corrected chi connectivity index (χ4v) is 3.39. The molecule has 2 heterocycles. The average Bonchev–Trinajstić information content (AvgIpc) is 2.79. The van der Waals surface area contributed by atoms with Gasteiger partial charge in [-0.2, -0.15) is 0 Å². The van der Waals surface area contributed by atoms with Crippen molar-refractivity contribution >= 4 is 28.2 Å². The number of carboxylic acids is 1. The molecule has 2 rings (SSSR count).